The van der Waals surface area contributed by atoms with Gasteiger partial charge in [0.15, 0.2) is 0 Å². The van der Waals surface area contributed by atoms with Crippen LogP contribution in [-0.2, 0) is 6.54 Å². The van der Waals surface area contributed by atoms with Gasteiger partial charge in [-0.3, -0.25) is 4.98 Å². The summed E-state index contributed by atoms with van der Waals surface area (Å²) in [6.07, 6.45) is 5.45. The third kappa shape index (κ3) is 2.82. The Hall–Kier alpha value is -1.42. The zero-order valence-corrected chi connectivity index (χ0v) is 11.5. The quantitative estimate of drug-likeness (QED) is 0.870. The van der Waals surface area contributed by atoms with Gasteiger partial charge in [-0.2, -0.15) is 0 Å². The molecule has 88 valence electrons. The van der Waals surface area contributed by atoms with Crippen molar-refractivity contribution in [3.63, 3.8) is 0 Å². The smallest absolute Gasteiger partial charge is 0.143 e. The van der Waals surface area contributed by atoms with Crippen molar-refractivity contribution in [3.8, 4) is 0 Å². The van der Waals surface area contributed by atoms with Crippen LogP contribution < -0.4 is 4.90 Å². The van der Waals surface area contributed by atoms with Crippen molar-refractivity contribution < 1.29 is 0 Å². The number of rotatable bonds is 3. The second kappa shape index (κ2) is 5.27. The van der Waals surface area contributed by atoms with Crippen LogP contribution >= 0.6 is 15.9 Å². The Bertz CT molecular complexity index is 499. The molecule has 0 aromatic carbocycles. The summed E-state index contributed by atoms with van der Waals surface area (Å²) < 4.78 is 1.05. The highest BCUT2D eigenvalue weighted by Gasteiger charge is 2.09. The molecule has 0 N–H and O–H groups in total. The van der Waals surface area contributed by atoms with Crippen molar-refractivity contribution in [2.45, 2.75) is 13.5 Å². The van der Waals surface area contributed by atoms with Crippen LogP contribution in [0.2, 0.25) is 0 Å². The first-order valence-electron chi connectivity index (χ1n) is 5.39. The van der Waals surface area contributed by atoms with Gasteiger partial charge in [0, 0.05) is 32.2 Å². The standard InChI is InChI=1S/C13H14BrN3/c1-10-3-8-16-13(12(10)14)17(2)9-11-4-6-15-7-5-11/h3-8H,9H2,1-2H3. The predicted molar refractivity (Wildman–Crippen MR) is 73.0 cm³/mol. The Kier molecular flexibility index (Phi) is 3.74. The largest absolute Gasteiger partial charge is 0.354 e. The predicted octanol–water partition coefficient (Wildman–Crippen LogP) is 3.18. The van der Waals surface area contributed by atoms with E-state index in [0.29, 0.717) is 0 Å². The van der Waals surface area contributed by atoms with E-state index in [9.17, 15) is 0 Å². The highest BCUT2D eigenvalue weighted by Crippen LogP contribution is 2.26. The van der Waals surface area contributed by atoms with E-state index in [1.165, 1.54) is 11.1 Å². The maximum Gasteiger partial charge on any atom is 0.143 e. The fourth-order valence-electron chi connectivity index (χ4n) is 1.63. The number of pyridine rings is 2. The molecule has 0 atom stereocenters. The fraction of sp³-hybridized carbons (Fsp3) is 0.231. The Balaban J connectivity index is 2.20. The van der Waals surface area contributed by atoms with Crippen LogP contribution in [0.4, 0.5) is 5.82 Å². The zero-order valence-electron chi connectivity index (χ0n) is 9.89. The van der Waals surface area contributed by atoms with Gasteiger partial charge < -0.3 is 4.90 Å². The number of halogens is 1. The molecule has 0 aliphatic carbocycles. The minimum absolute atomic E-state index is 0.817. The highest BCUT2D eigenvalue weighted by atomic mass is 79.9. The molecule has 0 saturated heterocycles. The number of aryl methyl sites for hydroxylation is 1. The van der Waals surface area contributed by atoms with Gasteiger partial charge in [0.1, 0.15) is 5.82 Å². The van der Waals surface area contributed by atoms with Crippen LogP contribution in [0, 0.1) is 6.92 Å². The van der Waals surface area contributed by atoms with Crippen LogP contribution in [0.5, 0.6) is 0 Å². The van der Waals surface area contributed by atoms with E-state index in [4.69, 9.17) is 0 Å². The molecule has 0 bridgehead atoms. The average molecular weight is 292 g/mol. The van der Waals surface area contributed by atoms with Crippen molar-refractivity contribution in [1.82, 2.24) is 9.97 Å². The Morgan fingerprint density at radius 2 is 1.88 bits per heavy atom. The SMILES string of the molecule is Cc1ccnc(N(C)Cc2ccncc2)c1Br. The summed E-state index contributed by atoms with van der Waals surface area (Å²) in [5.74, 6) is 0.960. The number of aromatic nitrogens is 2. The maximum atomic E-state index is 4.40. The first-order valence-corrected chi connectivity index (χ1v) is 6.19. The van der Waals surface area contributed by atoms with Crippen LogP contribution in [0.3, 0.4) is 0 Å². The summed E-state index contributed by atoms with van der Waals surface area (Å²) >= 11 is 3.58. The molecule has 17 heavy (non-hydrogen) atoms. The monoisotopic (exact) mass is 291 g/mol. The molecule has 2 aromatic heterocycles. The van der Waals surface area contributed by atoms with Crippen molar-refractivity contribution in [2.75, 3.05) is 11.9 Å². The third-order valence-corrected chi connectivity index (χ3v) is 3.57. The third-order valence-electron chi connectivity index (χ3n) is 2.59. The summed E-state index contributed by atoms with van der Waals surface area (Å²) in [5, 5.41) is 0. The van der Waals surface area contributed by atoms with Crippen LogP contribution in [-0.4, -0.2) is 17.0 Å². The summed E-state index contributed by atoms with van der Waals surface area (Å²) in [6.45, 7) is 2.88. The molecule has 4 heteroatoms. The lowest BCUT2D eigenvalue weighted by Crippen LogP contribution is -2.18. The molecule has 0 fully saturated rings. The Morgan fingerprint density at radius 3 is 2.59 bits per heavy atom. The first-order chi connectivity index (χ1) is 8.18. The minimum Gasteiger partial charge on any atom is -0.354 e. The van der Waals surface area contributed by atoms with Crippen molar-refractivity contribution in [3.05, 3.63) is 52.4 Å². The topological polar surface area (TPSA) is 29.0 Å². The van der Waals surface area contributed by atoms with E-state index in [1.807, 2.05) is 43.8 Å². The molecule has 0 aliphatic heterocycles. The molecule has 2 heterocycles. The minimum atomic E-state index is 0.817. The lowest BCUT2D eigenvalue weighted by molar-refractivity contribution is 0.889. The van der Waals surface area contributed by atoms with Gasteiger partial charge in [-0.1, -0.05) is 0 Å². The van der Waals surface area contributed by atoms with Gasteiger partial charge in [-0.15, -0.1) is 0 Å². The molecule has 0 aliphatic rings. The van der Waals surface area contributed by atoms with E-state index in [0.717, 1.165) is 16.8 Å². The molecule has 3 nitrogen and oxygen atoms in total. The van der Waals surface area contributed by atoms with Gasteiger partial charge in [0.2, 0.25) is 0 Å². The Labute approximate surface area is 110 Å². The fourth-order valence-corrected chi connectivity index (χ4v) is 2.17. The van der Waals surface area contributed by atoms with Gasteiger partial charge in [-0.05, 0) is 52.2 Å². The lowest BCUT2D eigenvalue weighted by Gasteiger charge is -2.20. The molecule has 0 saturated carbocycles. The van der Waals surface area contributed by atoms with E-state index in [-0.39, 0.29) is 0 Å². The summed E-state index contributed by atoms with van der Waals surface area (Å²) in [6, 6.07) is 6.02. The average Bonchev–Trinajstić information content (AvgIpc) is 2.34. The maximum absolute atomic E-state index is 4.40. The summed E-state index contributed by atoms with van der Waals surface area (Å²) in [7, 11) is 2.03. The number of hydrogen-bond acceptors (Lipinski definition) is 3. The number of hydrogen-bond donors (Lipinski definition) is 0. The molecule has 0 amide bonds. The molecule has 0 unspecified atom stereocenters. The van der Waals surface area contributed by atoms with Gasteiger partial charge in [0.25, 0.3) is 0 Å². The van der Waals surface area contributed by atoms with Gasteiger partial charge in [0.05, 0.1) is 4.47 Å². The van der Waals surface area contributed by atoms with Crippen LogP contribution in [0.1, 0.15) is 11.1 Å². The zero-order chi connectivity index (χ0) is 12.3. The van der Waals surface area contributed by atoms with Crippen molar-refractivity contribution >= 4 is 21.7 Å². The van der Waals surface area contributed by atoms with Crippen molar-refractivity contribution in [2.24, 2.45) is 0 Å². The van der Waals surface area contributed by atoms with Gasteiger partial charge >= 0.3 is 0 Å². The number of anilines is 1. The molecular formula is C13H14BrN3. The van der Waals surface area contributed by atoms with E-state index < -0.39 is 0 Å². The van der Waals surface area contributed by atoms with Crippen molar-refractivity contribution in [1.29, 1.82) is 0 Å². The molecule has 0 spiro atoms. The number of nitrogens with zero attached hydrogens (tertiary/aromatic N) is 3. The van der Waals surface area contributed by atoms with E-state index in [2.05, 4.69) is 37.7 Å². The first kappa shape index (κ1) is 12.0. The second-order valence-corrected chi connectivity index (χ2v) is 4.77. The van der Waals surface area contributed by atoms with E-state index in [1.54, 1.807) is 0 Å². The summed E-state index contributed by atoms with van der Waals surface area (Å²) in [4.78, 5) is 10.5. The Morgan fingerprint density at radius 1 is 1.18 bits per heavy atom. The second-order valence-electron chi connectivity index (χ2n) is 3.98. The van der Waals surface area contributed by atoms with Crippen LogP contribution in [0.25, 0.3) is 0 Å². The van der Waals surface area contributed by atoms with Gasteiger partial charge in [-0.25, -0.2) is 4.98 Å². The molecule has 0 radical (unpaired) electrons. The van der Waals surface area contributed by atoms with Crippen LogP contribution in [0.15, 0.2) is 41.3 Å². The van der Waals surface area contributed by atoms with E-state index >= 15 is 0 Å². The normalized spacial score (nSPS) is 10.3. The molecule has 2 aromatic rings. The lowest BCUT2D eigenvalue weighted by atomic mass is 10.2. The summed E-state index contributed by atoms with van der Waals surface area (Å²) in [5.41, 5.74) is 2.41. The highest BCUT2D eigenvalue weighted by molar-refractivity contribution is 9.10. The molecule has 2 rings (SSSR count). The molecular weight excluding hydrogens is 278 g/mol.